The number of nitrogens with one attached hydrogen (secondary N) is 1. The summed E-state index contributed by atoms with van der Waals surface area (Å²) in [6.45, 7) is 4.08. The van der Waals surface area contributed by atoms with Gasteiger partial charge in [0.2, 0.25) is 0 Å². The van der Waals surface area contributed by atoms with Crippen LogP contribution >= 0.6 is 0 Å². The van der Waals surface area contributed by atoms with Crippen LogP contribution in [0.25, 0.3) is 0 Å². The number of hydrogen-bond donors (Lipinski definition) is 1. The Morgan fingerprint density at radius 3 is 2.39 bits per heavy atom. The summed E-state index contributed by atoms with van der Waals surface area (Å²) in [5, 5.41) is 2.76. The van der Waals surface area contributed by atoms with Crippen molar-refractivity contribution in [1.29, 1.82) is 0 Å². The normalized spacial score (nSPS) is 17.5. The van der Waals surface area contributed by atoms with Gasteiger partial charge in [0.15, 0.2) is 0 Å². The first-order valence-corrected chi connectivity index (χ1v) is 7.35. The number of epoxide rings is 1. The first-order valence-electron chi connectivity index (χ1n) is 7.35. The lowest BCUT2D eigenvalue weighted by atomic mass is 10.1. The van der Waals surface area contributed by atoms with Gasteiger partial charge in [-0.2, -0.15) is 0 Å². The molecule has 1 heterocycles. The summed E-state index contributed by atoms with van der Waals surface area (Å²) in [7, 11) is 0. The Balaban J connectivity index is 1.73. The lowest BCUT2D eigenvalue weighted by Crippen LogP contribution is -2.26. The van der Waals surface area contributed by atoms with E-state index >= 15 is 0 Å². The third kappa shape index (κ3) is 9.28. The zero-order valence-corrected chi connectivity index (χ0v) is 11.6. The van der Waals surface area contributed by atoms with Crippen LogP contribution in [0, 0.1) is 0 Å². The molecule has 106 valence electrons. The van der Waals surface area contributed by atoms with Gasteiger partial charge in [-0.05, 0) is 6.42 Å². The van der Waals surface area contributed by atoms with Crippen molar-refractivity contribution in [3.05, 3.63) is 0 Å². The van der Waals surface area contributed by atoms with E-state index in [1.54, 1.807) is 0 Å². The van der Waals surface area contributed by atoms with Gasteiger partial charge in [-0.15, -0.1) is 0 Å². The Hall–Kier alpha value is -0.770. The highest BCUT2D eigenvalue weighted by atomic mass is 16.6. The minimum Gasteiger partial charge on any atom is -0.447 e. The molecule has 0 bridgehead atoms. The number of carbonyl (C=O) groups excluding carboxylic acids is 1. The molecule has 4 nitrogen and oxygen atoms in total. The zero-order chi connectivity index (χ0) is 13.1. The quantitative estimate of drug-likeness (QED) is 0.456. The van der Waals surface area contributed by atoms with Crippen molar-refractivity contribution in [3.63, 3.8) is 0 Å². The highest BCUT2D eigenvalue weighted by molar-refractivity contribution is 5.67. The Morgan fingerprint density at radius 1 is 1.17 bits per heavy atom. The second-order valence-electron chi connectivity index (χ2n) is 4.96. The highest BCUT2D eigenvalue weighted by Crippen LogP contribution is 2.09. The molecule has 0 radical (unpaired) electrons. The predicted octanol–water partition coefficient (Wildman–Crippen LogP) is 3.25. The molecule has 18 heavy (non-hydrogen) atoms. The molecule has 1 aliphatic rings. The van der Waals surface area contributed by atoms with Gasteiger partial charge < -0.3 is 14.8 Å². The van der Waals surface area contributed by atoms with E-state index in [1.807, 2.05) is 0 Å². The summed E-state index contributed by atoms with van der Waals surface area (Å²) in [6, 6.07) is 0. The predicted molar refractivity (Wildman–Crippen MR) is 71.7 cm³/mol. The summed E-state index contributed by atoms with van der Waals surface area (Å²) in [6.07, 6.45) is 10.1. The topological polar surface area (TPSA) is 50.9 Å². The fraction of sp³-hybridized carbons (Fsp3) is 0.929. The lowest BCUT2D eigenvalue weighted by molar-refractivity contribution is 0.136. The van der Waals surface area contributed by atoms with E-state index in [0.29, 0.717) is 6.61 Å². The Kier molecular flexibility index (Phi) is 8.65. The average molecular weight is 257 g/mol. The van der Waals surface area contributed by atoms with Crippen LogP contribution in [0.5, 0.6) is 0 Å². The van der Waals surface area contributed by atoms with Gasteiger partial charge in [-0.1, -0.05) is 51.9 Å². The number of alkyl carbamates (subject to hydrolysis) is 1. The largest absolute Gasteiger partial charge is 0.447 e. The van der Waals surface area contributed by atoms with E-state index in [9.17, 15) is 4.79 Å². The van der Waals surface area contributed by atoms with Gasteiger partial charge >= 0.3 is 6.09 Å². The van der Waals surface area contributed by atoms with Crippen molar-refractivity contribution >= 4 is 6.09 Å². The standard InChI is InChI=1S/C14H27NO3/c1-2-3-4-5-6-7-8-9-10-15-14(16)18-12-13-11-17-13/h13H,2-12H2,1H3,(H,15,16). The maximum absolute atomic E-state index is 11.2. The molecule has 1 rings (SSSR count). The molecule has 0 spiro atoms. The number of hydrogen-bond acceptors (Lipinski definition) is 3. The van der Waals surface area contributed by atoms with Crippen LogP contribution in [0.1, 0.15) is 58.3 Å². The fourth-order valence-electron chi connectivity index (χ4n) is 1.83. The molecule has 1 N–H and O–H groups in total. The summed E-state index contributed by atoms with van der Waals surface area (Å²) in [5.74, 6) is 0. The van der Waals surface area contributed by atoms with Crippen molar-refractivity contribution in [2.75, 3.05) is 19.8 Å². The van der Waals surface area contributed by atoms with Gasteiger partial charge in [0, 0.05) is 6.54 Å². The number of unbranched alkanes of at least 4 members (excludes halogenated alkanes) is 7. The minimum absolute atomic E-state index is 0.152. The van der Waals surface area contributed by atoms with E-state index in [0.717, 1.165) is 19.6 Å². The van der Waals surface area contributed by atoms with Crippen molar-refractivity contribution in [1.82, 2.24) is 5.32 Å². The number of rotatable bonds is 11. The van der Waals surface area contributed by atoms with E-state index in [4.69, 9.17) is 9.47 Å². The second kappa shape index (κ2) is 10.2. The molecular formula is C14H27NO3. The first kappa shape index (κ1) is 15.3. The molecule has 1 aliphatic heterocycles. The van der Waals surface area contributed by atoms with Crippen LogP contribution in [0.3, 0.4) is 0 Å². The molecule has 0 aromatic carbocycles. The molecule has 4 heteroatoms. The van der Waals surface area contributed by atoms with E-state index in [1.165, 1.54) is 44.9 Å². The van der Waals surface area contributed by atoms with Crippen LogP contribution in [0.15, 0.2) is 0 Å². The number of ether oxygens (including phenoxy) is 2. The smallest absolute Gasteiger partial charge is 0.407 e. The van der Waals surface area contributed by atoms with Crippen molar-refractivity contribution in [2.24, 2.45) is 0 Å². The molecule has 0 saturated carbocycles. The van der Waals surface area contributed by atoms with Crippen LogP contribution in [-0.4, -0.2) is 32.0 Å². The summed E-state index contributed by atoms with van der Waals surface area (Å²) < 4.78 is 9.91. The maximum atomic E-state index is 11.2. The minimum atomic E-state index is -0.312. The van der Waals surface area contributed by atoms with E-state index < -0.39 is 0 Å². The molecule has 0 aliphatic carbocycles. The van der Waals surface area contributed by atoms with E-state index in [2.05, 4.69) is 12.2 Å². The molecule has 1 saturated heterocycles. The molecule has 0 aromatic rings. The highest BCUT2D eigenvalue weighted by Gasteiger charge is 2.23. The molecule has 1 unspecified atom stereocenters. The van der Waals surface area contributed by atoms with Gasteiger partial charge in [0.05, 0.1) is 6.61 Å². The van der Waals surface area contributed by atoms with E-state index in [-0.39, 0.29) is 12.2 Å². The molecule has 0 aromatic heterocycles. The first-order chi connectivity index (χ1) is 8.83. The average Bonchev–Trinajstić information content (AvgIpc) is 3.18. The zero-order valence-electron chi connectivity index (χ0n) is 11.6. The fourth-order valence-corrected chi connectivity index (χ4v) is 1.83. The van der Waals surface area contributed by atoms with Crippen LogP contribution in [-0.2, 0) is 9.47 Å². The maximum Gasteiger partial charge on any atom is 0.407 e. The number of carbonyl (C=O) groups is 1. The summed E-state index contributed by atoms with van der Waals surface area (Å²) >= 11 is 0. The molecule has 1 amide bonds. The summed E-state index contributed by atoms with van der Waals surface area (Å²) in [5.41, 5.74) is 0. The van der Waals surface area contributed by atoms with Crippen LogP contribution < -0.4 is 5.32 Å². The van der Waals surface area contributed by atoms with Gasteiger partial charge in [0.1, 0.15) is 12.7 Å². The van der Waals surface area contributed by atoms with Gasteiger partial charge in [-0.3, -0.25) is 0 Å². The molecule has 1 atom stereocenters. The van der Waals surface area contributed by atoms with Crippen LogP contribution in [0.4, 0.5) is 4.79 Å². The van der Waals surface area contributed by atoms with Gasteiger partial charge in [0.25, 0.3) is 0 Å². The van der Waals surface area contributed by atoms with Crippen molar-refractivity contribution < 1.29 is 14.3 Å². The molecular weight excluding hydrogens is 230 g/mol. The van der Waals surface area contributed by atoms with Crippen molar-refractivity contribution in [2.45, 2.75) is 64.4 Å². The van der Waals surface area contributed by atoms with Gasteiger partial charge in [-0.25, -0.2) is 4.79 Å². The Labute approximate surface area is 110 Å². The number of amides is 1. The van der Waals surface area contributed by atoms with Crippen LogP contribution in [0.2, 0.25) is 0 Å². The monoisotopic (exact) mass is 257 g/mol. The lowest BCUT2D eigenvalue weighted by Gasteiger charge is -2.05. The SMILES string of the molecule is CCCCCCCCCCNC(=O)OCC1CO1. The summed E-state index contributed by atoms with van der Waals surface area (Å²) in [4.78, 5) is 11.2. The second-order valence-corrected chi connectivity index (χ2v) is 4.96. The third-order valence-electron chi connectivity index (χ3n) is 3.10. The van der Waals surface area contributed by atoms with Crippen molar-refractivity contribution in [3.8, 4) is 0 Å². The third-order valence-corrected chi connectivity index (χ3v) is 3.10. The Morgan fingerprint density at radius 2 is 1.78 bits per heavy atom. The molecule has 1 fully saturated rings. The Bertz CT molecular complexity index is 217.